The molecule has 1 N–H and O–H groups in total. The fraction of sp³-hybridized carbons (Fsp3) is 0.316. The van der Waals surface area contributed by atoms with Crippen LogP contribution in [0.25, 0.3) is 0 Å². The van der Waals surface area contributed by atoms with Gasteiger partial charge in [-0.25, -0.2) is 8.42 Å². The van der Waals surface area contributed by atoms with Crippen LogP contribution in [0.3, 0.4) is 0 Å². The Morgan fingerprint density at radius 1 is 1.15 bits per heavy atom. The van der Waals surface area contributed by atoms with Crippen LogP contribution in [0.5, 0.6) is 0 Å². The van der Waals surface area contributed by atoms with Crippen LogP contribution in [-0.4, -0.2) is 26.6 Å². The van der Waals surface area contributed by atoms with Crippen molar-refractivity contribution in [3.05, 3.63) is 65.2 Å². The van der Waals surface area contributed by atoms with Gasteiger partial charge in [0.2, 0.25) is 15.9 Å². The van der Waals surface area contributed by atoms with Gasteiger partial charge in [0, 0.05) is 5.02 Å². The molecule has 26 heavy (non-hydrogen) atoms. The van der Waals surface area contributed by atoms with E-state index in [1.807, 2.05) is 37.3 Å². The van der Waals surface area contributed by atoms with E-state index >= 15 is 0 Å². The zero-order valence-electron chi connectivity index (χ0n) is 15.0. The average Bonchev–Trinajstić information content (AvgIpc) is 2.58. The van der Waals surface area contributed by atoms with E-state index in [0.717, 1.165) is 16.1 Å². The van der Waals surface area contributed by atoms with Crippen LogP contribution >= 0.6 is 11.6 Å². The second kappa shape index (κ2) is 8.56. The van der Waals surface area contributed by atoms with Crippen LogP contribution in [0.2, 0.25) is 5.02 Å². The first-order valence-corrected chi connectivity index (χ1v) is 10.6. The number of hydrogen-bond acceptors (Lipinski definition) is 3. The second-order valence-electron chi connectivity index (χ2n) is 6.10. The third-order valence-electron chi connectivity index (χ3n) is 4.05. The maximum atomic E-state index is 12.9. The van der Waals surface area contributed by atoms with Gasteiger partial charge in [0.1, 0.15) is 6.04 Å². The molecule has 0 aliphatic carbocycles. The molecule has 2 rings (SSSR count). The Morgan fingerprint density at radius 3 is 2.35 bits per heavy atom. The number of nitrogens with zero attached hydrogens (tertiary/aromatic N) is 1. The Morgan fingerprint density at radius 2 is 1.81 bits per heavy atom. The Bertz CT molecular complexity index is 856. The number of benzene rings is 2. The minimum absolute atomic E-state index is 0.237. The molecule has 2 atom stereocenters. The van der Waals surface area contributed by atoms with Crippen LogP contribution < -0.4 is 9.62 Å². The lowest BCUT2D eigenvalue weighted by Crippen LogP contribution is -2.49. The summed E-state index contributed by atoms with van der Waals surface area (Å²) in [6, 6.07) is 14.9. The van der Waals surface area contributed by atoms with Gasteiger partial charge in [-0.3, -0.25) is 9.10 Å². The minimum atomic E-state index is -3.68. The molecule has 2 aromatic rings. The topological polar surface area (TPSA) is 66.5 Å². The van der Waals surface area contributed by atoms with Gasteiger partial charge >= 0.3 is 0 Å². The SMILES string of the molecule is CC[C@H](C(=O)N[C@@H](C)c1ccccc1)N(c1cccc(Cl)c1)S(C)(=O)=O. The number of halogens is 1. The fourth-order valence-corrected chi connectivity index (χ4v) is 4.20. The van der Waals surface area contributed by atoms with Crippen molar-refractivity contribution in [3.8, 4) is 0 Å². The number of rotatable bonds is 7. The minimum Gasteiger partial charge on any atom is -0.348 e. The van der Waals surface area contributed by atoms with Gasteiger partial charge in [-0.15, -0.1) is 0 Å². The molecule has 140 valence electrons. The predicted octanol–water partition coefficient (Wildman–Crippen LogP) is 3.76. The first-order chi connectivity index (χ1) is 12.2. The quantitative estimate of drug-likeness (QED) is 0.777. The molecule has 2 aromatic carbocycles. The number of anilines is 1. The van der Waals surface area contributed by atoms with Crippen molar-refractivity contribution in [2.45, 2.75) is 32.4 Å². The highest BCUT2D eigenvalue weighted by atomic mass is 35.5. The molecule has 0 saturated carbocycles. The van der Waals surface area contributed by atoms with Crippen molar-refractivity contribution >= 4 is 33.2 Å². The lowest BCUT2D eigenvalue weighted by molar-refractivity contribution is -0.122. The van der Waals surface area contributed by atoms with Gasteiger partial charge in [0.05, 0.1) is 18.0 Å². The van der Waals surface area contributed by atoms with E-state index in [9.17, 15) is 13.2 Å². The summed E-state index contributed by atoms with van der Waals surface area (Å²) in [7, 11) is -3.68. The Hall–Kier alpha value is -2.05. The van der Waals surface area contributed by atoms with E-state index < -0.39 is 16.1 Å². The highest BCUT2D eigenvalue weighted by molar-refractivity contribution is 7.92. The Labute approximate surface area is 160 Å². The molecule has 1 amide bonds. The van der Waals surface area contributed by atoms with E-state index in [2.05, 4.69) is 5.32 Å². The molecule has 0 heterocycles. The van der Waals surface area contributed by atoms with Gasteiger partial charge in [-0.1, -0.05) is 54.9 Å². The van der Waals surface area contributed by atoms with Crippen molar-refractivity contribution < 1.29 is 13.2 Å². The van der Waals surface area contributed by atoms with Crippen molar-refractivity contribution in [1.29, 1.82) is 0 Å². The van der Waals surface area contributed by atoms with Gasteiger partial charge < -0.3 is 5.32 Å². The lowest BCUT2D eigenvalue weighted by atomic mass is 10.1. The van der Waals surface area contributed by atoms with Crippen molar-refractivity contribution in [2.75, 3.05) is 10.6 Å². The largest absolute Gasteiger partial charge is 0.348 e. The maximum Gasteiger partial charge on any atom is 0.244 e. The molecular formula is C19H23ClN2O3S. The predicted molar refractivity (Wildman–Crippen MR) is 106 cm³/mol. The molecule has 0 fully saturated rings. The summed E-state index contributed by atoms with van der Waals surface area (Å²) in [5.41, 5.74) is 1.32. The van der Waals surface area contributed by atoms with Gasteiger partial charge in [-0.05, 0) is 37.1 Å². The van der Waals surface area contributed by atoms with Crippen molar-refractivity contribution in [3.63, 3.8) is 0 Å². The summed E-state index contributed by atoms with van der Waals surface area (Å²) >= 11 is 6.01. The smallest absolute Gasteiger partial charge is 0.244 e. The van der Waals surface area contributed by atoms with Crippen LogP contribution in [-0.2, 0) is 14.8 Å². The molecule has 7 heteroatoms. The van der Waals surface area contributed by atoms with E-state index in [1.165, 1.54) is 0 Å². The summed E-state index contributed by atoms with van der Waals surface area (Å²) in [6.45, 7) is 3.64. The summed E-state index contributed by atoms with van der Waals surface area (Å²) in [5, 5.41) is 3.31. The summed E-state index contributed by atoms with van der Waals surface area (Å²) in [4.78, 5) is 12.9. The van der Waals surface area contributed by atoms with Crippen LogP contribution in [0.4, 0.5) is 5.69 Å². The van der Waals surface area contributed by atoms with Gasteiger partial charge in [0.25, 0.3) is 0 Å². The fourth-order valence-electron chi connectivity index (χ4n) is 2.81. The molecule has 0 aliphatic rings. The number of nitrogens with one attached hydrogen (secondary N) is 1. The van der Waals surface area contributed by atoms with Gasteiger partial charge in [-0.2, -0.15) is 0 Å². The molecular weight excluding hydrogens is 372 g/mol. The third-order valence-corrected chi connectivity index (χ3v) is 5.47. The highest BCUT2D eigenvalue weighted by Gasteiger charge is 2.32. The van der Waals surface area contributed by atoms with E-state index in [1.54, 1.807) is 31.2 Å². The summed E-state index contributed by atoms with van der Waals surface area (Å²) < 4.78 is 25.9. The number of sulfonamides is 1. The normalized spacial score (nSPS) is 13.7. The molecule has 0 spiro atoms. The molecule has 0 bridgehead atoms. The number of carbonyl (C=O) groups is 1. The second-order valence-corrected chi connectivity index (χ2v) is 8.40. The number of carbonyl (C=O) groups excluding carboxylic acids is 1. The Balaban J connectivity index is 2.31. The van der Waals surface area contributed by atoms with E-state index in [4.69, 9.17) is 11.6 Å². The molecule has 0 aromatic heterocycles. The van der Waals surface area contributed by atoms with Gasteiger partial charge in [0.15, 0.2) is 0 Å². The third kappa shape index (κ3) is 4.99. The van der Waals surface area contributed by atoms with Crippen molar-refractivity contribution in [2.24, 2.45) is 0 Å². The van der Waals surface area contributed by atoms with Crippen molar-refractivity contribution in [1.82, 2.24) is 5.32 Å². The van der Waals surface area contributed by atoms with E-state index in [0.29, 0.717) is 17.1 Å². The zero-order valence-corrected chi connectivity index (χ0v) is 16.6. The standard InChI is InChI=1S/C19H23ClN2O3S/c1-4-18(19(23)21-14(2)15-9-6-5-7-10-15)22(26(3,24)25)17-12-8-11-16(20)13-17/h5-14,18H,4H2,1-3H3,(H,21,23)/t14-,18+/m0/s1. The highest BCUT2D eigenvalue weighted by Crippen LogP contribution is 2.26. The zero-order chi connectivity index (χ0) is 19.3. The first-order valence-electron chi connectivity index (χ1n) is 8.34. The average molecular weight is 395 g/mol. The monoisotopic (exact) mass is 394 g/mol. The van der Waals surface area contributed by atoms with E-state index in [-0.39, 0.29) is 11.9 Å². The molecule has 5 nitrogen and oxygen atoms in total. The molecule has 0 saturated heterocycles. The maximum absolute atomic E-state index is 12.9. The van der Waals surface area contributed by atoms with Crippen LogP contribution in [0, 0.1) is 0 Å². The molecule has 0 radical (unpaired) electrons. The number of amides is 1. The lowest BCUT2D eigenvalue weighted by Gasteiger charge is -2.31. The molecule has 0 unspecified atom stereocenters. The number of hydrogen-bond donors (Lipinski definition) is 1. The Kier molecular flexibility index (Phi) is 6.67. The molecule has 0 aliphatic heterocycles. The van der Waals surface area contributed by atoms with Crippen LogP contribution in [0.15, 0.2) is 54.6 Å². The summed E-state index contributed by atoms with van der Waals surface area (Å²) in [5.74, 6) is -0.353. The van der Waals surface area contributed by atoms with Crippen LogP contribution in [0.1, 0.15) is 31.9 Å². The summed E-state index contributed by atoms with van der Waals surface area (Å²) in [6.07, 6.45) is 1.41. The first kappa shape index (κ1) is 20.3.